The van der Waals surface area contributed by atoms with Crippen LogP contribution in [0.2, 0.25) is 0 Å². The molecule has 33 heavy (non-hydrogen) atoms. The molecular weight excluding hydrogens is 398 g/mol. The summed E-state index contributed by atoms with van der Waals surface area (Å²) >= 11 is 0. The highest BCUT2D eigenvalue weighted by Crippen LogP contribution is 2.45. The fraction of sp³-hybridized carbons (Fsp3) is 1.00. The third kappa shape index (κ3) is 19.9. The molecule has 0 aromatic rings. The van der Waals surface area contributed by atoms with Crippen molar-refractivity contribution in [2.45, 2.75) is 168 Å². The normalized spacial score (nSPS) is 18.8. The Morgan fingerprint density at radius 2 is 0.909 bits per heavy atom. The first-order valence-corrected chi connectivity index (χ1v) is 15.8. The summed E-state index contributed by atoms with van der Waals surface area (Å²) in [4.78, 5) is 2.38. The summed E-state index contributed by atoms with van der Waals surface area (Å²) in [5, 5.41) is 0. The van der Waals surface area contributed by atoms with Gasteiger partial charge in [-0.1, -0.05) is 155 Å². The zero-order valence-electron chi connectivity index (χ0n) is 23.9. The smallest absolute Gasteiger partial charge is 0.00222 e. The Morgan fingerprint density at radius 1 is 0.515 bits per heavy atom. The van der Waals surface area contributed by atoms with Crippen LogP contribution in [0.5, 0.6) is 0 Å². The fourth-order valence-electron chi connectivity index (χ4n) is 5.84. The van der Waals surface area contributed by atoms with Crippen molar-refractivity contribution in [3.05, 3.63) is 0 Å². The van der Waals surface area contributed by atoms with Crippen molar-refractivity contribution < 1.29 is 0 Å². The van der Waals surface area contributed by atoms with E-state index in [1.165, 1.54) is 141 Å². The largest absolute Gasteiger partial charge is 0.309 e. The highest BCUT2D eigenvalue weighted by Gasteiger charge is 2.34. The predicted molar refractivity (Wildman–Crippen MR) is 151 cm³/mol. The maximum absolute atomic E-state index is 2.38. The Kier molecular flexibility index (Phi) is 21.1. The van der Waals surface area contributed by atoms with Crippen LogP contribution in [0.1, 0.15) is 168 Å². The number of hydrogen-bond donors (Lipinski definition) is 0. The molecule has 0 N–H and O–H groups in total. The summed E-state index contributed by atoms with van der Waals surface area (Å²) in [5.41, 5.74) is 0. The van der Waals surface area contributed by atoms with Crippen LogP contribution in [0.3, 0.4) is 0 Å². The quantitative estimate of drug-likeness (QED) is 0.115. The van der Waals surface area contributed by atoms with Gasteiger partial charge in [-0.05, 0) is 51.2 Å². The molecular formula is C32H65N. The summed E-state index contributed by atoms with van der Waals surface area (Å²) in [5.74, 6) is 3.23. The SMILES string of the molecule is CCCCCCCCCC(CCCCCCC[C@H]1CC1CCCCCCCC)CCN(C)C. The minimum atomic E-state index is 0.984. The number of unbranched alkanes of at least 4 members (excludes halogenated alkanes) is 15. The Bertz CT molecular complexity index is 390. The van der Waals surface area contributed by atoms with Crippen molar-refractivity contribution in [3.63, 3.8) is 0 Å². The van der Waals surface area contributed by atoms with Crippen LogP contribution in [0.25, 0.3) is 0 Å². The maximum atomic E-state index is 2.38. The molecule has 0 spiro atoms. The lowest BCUT2D eigenvalue weighted by Gasteiger charge is -2.19. The molecule has 0 heterocycles. The van der Waals surface area contributed by atoms with Crippen molar-refractivity contribution >= 4 is 0 Å². The van der Waals surface area contributed by atoms with Gasteiger partial charge >= 0.3 is 0 Å². The number of rotatable bonds is 26. The molecule has 0 bridgehead atoms. The Hall–Kier alpha value is -0.0400. The summed E-state index contributed by atoms with van der Waals surface area (Å²) < 4.78 is 0. The number of nitrogens with zero attached hydrogens (tertiary/aromatic N) is 1. The van der Waals surface area contributed by atoms with Gasteiger partial charge in [0.2, 0.25) is 0 Å². The monoisotopic (exact) mass is 464 g/mol. The van der Waals surface area contributed by atoms with Gasteiger partial charge in [-0.25, -0.2) is 0 Å². The molecule has 0 aromatic heterocycles. The molecule has 0 radical (unpaired) electrons. The van der Waals surface area contributed by atoms with Crippen molar-refractivity contribution in [1.29, 1.82) is 0 Å². The average molecular weight is 464 g/mol. The molecule has 0 aliphatic heterocycles. The second kappa shape index (κ2) is 22.4. The van der Waals surface area contributed by atoms with Gasteiger partial charge < -0.3 is 4.90 Å². The van der Waals surface area contributed by atoms with Crippen molar-refractivity contribution in [3.8, 4) is 0 Å². The van der Waals surface area contributed by atoms with E-state index in [4.69, 9.17) is 0 Å². The molecule has 198 valence electrons. The van der Waals surface area contributed by atoms with Crippen molar-refractivity contribution in [2.75, 3.05) is 20.6 Å². The van der Waals surface area contributed by atoms with Crippen LogP contribution >= 0.6 is 0 Å². The molecule has 1 aliphatic rings. The van der Waals surface area contributed by atoms with E-state index in [0.29, 0.717) is 0 Å². The third-order valence-electron chi connectivity index (χ3n) is 8.39. The van der Waals surface area contributed by atoms with E-state index in [2.05, 4.69) is 32.8 Å². The minimum absolute atomic E-state index is 0.984. The summed E-state index contributed by atoms with van der Waals surface area (Å²) in [6.07, 6.45) is 35.5. The van der Waals surface area contributed by atoms with E-state index in [0.717, 1.165) is 17.8 Å². The van der Waals surface area contributed by atoms with E-state index in [-0.39, 0.29) is 0 Å². The summed E-state index contributed by atoms with van der Waals surface area (Å²) in [7, 11) is 4.48. The van der Waals surface area contributed by atoms with Crippen LogP contribution in [0.15, 0.2) is 0 Å². The summed E-state index contributed by atoms with van der Waals surface area (Å²) in [6.45, 7) is 5.91. The van der Waals surface area contributed by atoms with E-state index in [9.17, 15) is 0 Å². The first kappa shape index (κ1) is 31.0. The zero-order chi connectivity index (χ0) is 24.0. The highest BCUT2D eigenvalue weighted by atomic mass is 15.0. The van der Waals surface area contributed by atoms with Gasteiger partial charge in [0.25, 0.3) is 0 Å². The standard InChI is InChI=1S/C32H65N/c1-5-7-9-11-13-15-19-23-30(27-28-33(3)4)24-20-16-14-18-22-26-32-29-31(32)25-21-17-12-10-8-6-2/h30-32H,5-29H2,1-4H3/t30?,31?,32-/m0/s1. The molecule has 1 fully saturated rings. The lowest BCUT2D eigenvalue weighted by molar-refractivity contribution is 0.314. The van der Waals surface area contributed by atoms with Crippen LogP contribution < -0.4 is 0 Å². The van der Waals surface area contributed by atoms with Gasteiger partial charge in [-0.2, -0.15) is 0 Å². The van der Waals surface area contributed by atoms with Crippen LogP contribution in [-0.4, -0.2) is 25.5 Å². The zero-order valence-corrected chi connectivity index (χ0v) is 23.9. The topological polar surface area (TPSA) is 3.24 Å². The molecule has 1 rings (SSSR count). The molecule has 1 saturated carbocycles. The maximum Gasteiger partial charge on any atom is -0.00222 e. The number of hydrogen-bond acceptors (Lipinski definition) is 1. The molecule has 0 aromatic carbocycles. The fourth-order valence-corrected chi connectivity index (χ4v) is 5.84. The molecule has 2 unspecified atom stereocenters. The van der Waals surface area contributed by atoms with Gasteiger partial charge in [0.1, 0.15) is 0 Å². The van der Waals surface area contributed by atoms with Gasteiger partial charge in [-0.15, -0.1) is 0 Å². The lowest BCUT2D eigenvalue weighted by Crippen LogP contribution is -2.17. The van der Waals surface area contributed by atoms with E-state index < -0.39 is 0 Å². The summed E-state index contributed by atoms with van der Waals surface area (Å²) in [6, 6.07) is 0. The average Bonchev–Trinajstić information content (AvgIpc) is 3.55. The molecule has 1 heteroatoms. The van der Waals surface area contributed by atoms with Gasteiger partial charge in [0.15, 0.2) is 0 Å². The molecule has 1 aliphatic carbocycles. The first-order chi connectivity index (χ1) is 16.2. The molecule has 1 nitrogen and oxygen atoms in total. The lowest BCUT2D eigenvalue weighted by atomic mass is 9.91. The van der Waals surface area contributed by atoms with E-state index in [1.807, 2.05) is 0 Å². The first-order valence-electron chi connectivity index (χ1n) is 15.8. The Balaban J connectivity index is 1.95. The van der Waals surface area contributed by atoms with Gasteiger partial charge in [0, 0.05) is 0 Å². The van der Waals surface area contributed by atoms with Gasteiger partial charge in [-0.3, -0.25) is 0 Å². The predicted octanol–water partition coefficient (Wildman–Crippen LogP) is 10.8. The molecule has 0 amide bonds. The van der Waals surface area contributed by atoms with Gasteiger partial charge in [0.05, 0.1) is 0 Å². The molecule has 0 saturated heterocycles. The molecule has 3 atom stereocenters. The van der Waals surface area contributed by atoms with Crippen LogP contribution in [0.4, 0.5) is 0 Å². The highest BCUT2D eigenvalue weighted by molar-refractivity contribution is 4.85. The van der Waals surface area contributed by atoms with Crippen LogP contribution in [0, 0.1) is 17.8 Å². The second-order valence-electron chi connectivity index (χ2n) is 12.0. The second-order valence-corrected chi connectivity index (χ2v) is 12.0. The van der Waals surface area contributed by atoms with Crippen molar-refractivity contribution in [1.82, 2.24) is 4.90 Å². The van der Waals surface area contributed by atoms with Crippen LogP contribution in [-0.2, 0) is 0 Å². The third-order valence-corrected chi connectivity index (χ3v) is 8.39. The van der Waals surface area contributed by atoms with E-state index in [1.54, 1.807) is 19.3 Å². The van der Waals surface area contributed by atoms with E-state index >= 15 is 0 Å². The Morgan fingerprint density at radius 3 is 1.33 bits per heavy atom. The minimum Gasteiger partial charge on any atom is -0.309 e. The van der Waals surface area contributed by atoms with Crippen molar-refractivity contribution in [2.24, 2.45) is 17.8 Å². The Labute approximate surface area is 211 Å².